The molecule has 6 heteroatoms. The fourth-order valence-electron chi connectivity index (χ4n) is 2.32. The van der Waals surface area contributed by atoms with E-state index in [0.717, 1.165) is 31.4 Å². The monoisotopic (exact) mass is 303 g/mol. The molecule has 0 unspecified atom stereocenters. The van der Waals surface area contributed by atoms with Gasteiger partial charge in [-0.2, -0.15) is 13.2 Å². The molecule has 0 aliphatic rings. The molecule has 1 aromatic heterocycles. The van der Waals surface area contributed by atoms with E-state index >= 15 is 0 Å². The van der Waals surface area contributed by atoms with Crippen LogP contribution >= 0.6 is 0 Å². The first-order valence-electron chi connectivity index (χ1n) is 7.41. The standard InChI is InChI=1S/C15H24F3N3/c1-5-14(6-2,7-3)21-13-10-11(15(16,17)18)9-12(20-13)19-8-4/h9-10H,5-8H2,1-4H3,(H2,19,20,21). The largest absolute Gasteiger partial charge is 0.416 e. The Morgan fingerprint density at radius 3 is 1.90 bits per heavy atom. The summed E-state index contributed by atoms with van der Waals surface area (Å²) in [6, 6.07) is 2.12. The Hall–Kier alpha value is -1.46. The summed E-state index contributed by atoms with van der Waals surface area (Å²) >= 11 is 0. The number of nitrogens with zero attached hydrogens (tertiary/aromatic N) is 1. The lowest BCUT2D eigenvalue weighted by Gasteiger charge is -2.32. The number of hydrogen-bond donors (Lipinski definition) is 2. The van der Waals surface area contributed by atoms with Crippen molar-refractivity contribution in [1.29, 1.82) is 0 Å². The zero-order chi connectivity index (χ0) is 16.1. The number of hydrogen-bond acceptors (Lipinski definition) is 3. The lowest BCUT2D eigenvalue weighted by atomic mass is 9.90. The lowest BCUT2D eigenvalue weighted by molar-refractivity contribution is -0.137. The quantitative estimate of drug-likeness (QED) is 0.751. The van der Waals surface area contributed by atoms with Gasteiger partial charge in [0.25, 0.3) is 0 Å². The summed E-state index contributed by atoms with van der Waals surface area (Å²) in [5.41, 5.74) is -0.908. The van der Waals surface area contributed by atoms with Crippen LogP contribution in [0.5, 0.6) is 0 Å². The number of aromatic nitrogens is 1. The molecule has 0 saturated carbocycles. The van der Waals surface area contributed by atoms with E-state index in [1.54, 1.807) is 0 Å². The molecule has 120 valence electrons. The van der Waals surface area contributed by atoms with Crippen LogP contribution in [0.25, 0.3) is 0 Å². The van der Waals surface area contributed by atoms with E-state index in [9.17, 15) is 13.2 Å². The average Bonchev–Trinajstić information content (AvgIpc) is 2.44. The minimum absolute atomic E-state index is 0.222. The van der Waals surface area contributed by atoms with Crippen LogP contribution in [0.4, 0.5) is 24.8 Å². The Kier molecular flexibility index (Phi) is 5.87. The summed E-state index contributed by atoms with van der Waals surface area (Å²) < 4.78 is 39.0. The highest BCUT2D eigenvalue weighted by Crippen LogP contribution is 2.33. The Bertz CT molecular complexity index is 446. The Morgan fingerprint density at radius 1 is 0.952 bits per heavy atom. The van der Waals surface area contributed by atoms with E-state index in [1.165, 1.54) is 0 Å². The third kappa shape index (κ3) is 4.51. The molecule has 3 nitrogen and oxygen atoms in total. The molecule has 0 saturated heterocycles. The van der Waals surface area contributed by atoms with Crippen molar-refractivity contribution in [2.24, 2.45) is 0 Å². The van der Waals surface area contributed by atoms with Crippen molar-refractivity contribution in [3.8, 4) is 0 Å². The minimum Gasteiger partial charge on any atom is -0.370 e. The maximum Gasteiger partial charge on any atom is 0.416 e. The van der Waals surface area contributed by atoms with Gasteiger partial charge in [-0.25, -0.2) is 4.98 Å². The number of halogens is 3. The Labute approximate surface area is 124 Å². The van der Waals surface area contributed by atoms with Crippen molar-refractivity contribution in [3.63, 3.8) is 0 Å². The first kappa shape index (κ1) is 17.6. The predicted molar refractivity (Wildman–Crippen MR) is 80.6 cm³/mol. The van der Waals surface area contributed by atoms with Crippen LogP contribution in [-0.2, 0) is 6.18 Å². The van der Waals surface area contributed by atoms with E-state index in [2.05, 4.69) is 15.6 Å². The zero-order valence-electron chi connectivity index (χ0n) is 13.1. The average molecular weight is 303 g/mol. The summed E-state index contributed by atoms with van der Waals surface area (Å²) in [6.45, 7) is 8.42. The molecule has 0 spiro atoms. The molecule has 0 aliphatic heterocycles. The highest BCUT2D eigenvalue weighted by Gasteiger charge is 2.32. The fourth-order valence-corrected chi connectivity index (χ4v) is 2.32. The van der Waals surface area contributed by atoms with Crippen LogP contribution in [0.1, 0.15) is 52.5 Å². The van der Waals surface area contributed by atoms with Crippen LogP contribution in [0.15, 0.2) is 12.1 Å². The molecule has 0 atom stereocenters. The highest BCUT2D eigenvalue weighted by molar-refractivity contribution is 5.51. The number of pyridine rings is 1. The van der Waals surface area contributed by atoms with Gasteiger partial charge in [0.15, 0.2) is 0 Å². The highest BCUT2D eigenvalue weighted by atomic mass is 19.4. The second-order valence-corrected chi connectivity index (χ2v) is 5.12. The van der Waals surface area contributed by atoms with Crippen LogP contribution in [0, 0.1) is 0 Å². The molecule has 0 radical (unpaired) electrons. The SMILES string of the molecule is CCNc1cc(C(F)(F)F)cc(NC(CC)(CC)CC)n1. The molecule has 0 aromatic carbocycles. The third-order valence-corrected chi connectivity index (χ3v) is 3.93. The normalized spacial score (nSPS) is 12.3. The van der Waals surface area contributed by atoms with Gasteiger partial charge in [-0.1, -0.05) is 20.8 Å². The van der Waals surface area contributed by atoms with Gasteiger partial charge in [-0.05, 0) is 38.3 Å². The van der Waals surface area contributed by atoms with Gasteiger partial charge in [-0.15, -0.1) is 0 Å². The molecule has 1 aromatic rings. The molecule has 21 heavy (non-hydrogen) atoms. The van der Waals surface area contributed by atoms with Gasteiger partial charge < -0.3 is 10.6 Å². The van der Waals surface area contributed by atoms with Gasteiger partial charge in [0.1, 0.15) is 11.6 Å². The van der Waals surface area contributed by atoms with Crippen molar-refractivity contribution in [2.75, 3.05) is 17.2 Å². The second kappa shape index (κ2) is 7.00. The second-order valence-electron chi connectivity index (χ2n) is 5.12. The molecular formula is C15H24F3N3. The van der Waals surface area contributed by atoms with Gasteiger partial charge in [-0.3, -0.25) is 0 Å². The van der Waals surface area contributed by atoms with E-state index in [4.69, 9.17) is 0 Å². The van der Waals surface area contributed by atoms with E-state index in [0.29, 0.717) is 6.54 Å². The molecule has 1 heterocycles. The molecular weight excluding hydrogens is 279 g/mol. The Balaban J connectivity index is 3.19. The van der Waals surface area contributed by atoms with Crippen molar-refractivity contribution in [3.05, 3.63) is 17.7 Å². The number of alkyl halides is 3. The van der Waals surface area contributed by atoms with E-state index in [1.807, 2.05) is 27.7 Å². The van der Waals surface area contributed by atoms with Gasteiger partial charge in [0.05, 0.1) is 5.56 Å². The molecule has 1 rings (SSSR count). The maximum atomic E-state index is 13.0. The molecule has 0 fully saturated rings. The molecule has 2 N–H and O–H groups in total. The topological polar surface area (TPSA) is 37.0 Å². The summed E-state index contributed by atoms with van der Waals surface area (Å²) in [7, 11) is 0. The molecule has 0 amide bonds. The minimum atomic E-state index is -4.38. The number of rotatable bonds is 7. The smallest absolute Gasteiger partial charge is 0.370 e. The first-order valence-corrected chi connectivity index (χ1v) is 7.41. The summed E-state index contributed by atoms with van der Waals surface area (Å²) in [6.07, 6.45) is -1.89. The number of anilines is 2. The summed E-state index contributed by atoms with van der Waals surface area (Å²) in [4.78, 5) is 4.24. The lowest BCUT2D eigenvalue weighted by Crippen LogP contribution is -2.36. The zero-order valence-corrected chi connectivity index (χ0v) is 13.1. The van der Waals surface area contributed by atoms with Gasteiger partial charge >= 0.3 is 6.18 Å². The molecule has 0 bridgehead atoms. The van der Waals surface area contributed by atoms with Crippen molar-refractivity contribution in [2.45, 2.75) is 58.7 Å². The van der Waals surface area contributed by atoms with E-state index in [-0.39, 0.29) is 17.2 Å². The van der Waals surface area contributed by atoms with Gasteiger partial charge in [0, 0.05) is 12.1 Å². The van der Waals surface area contributed by atoms with Crippen molar-refractivity contribution < 1.29 is 13.2 Å². The van der Waals surface area contributed by atoms with Crippen LogP contribution in [-0.4, -0.2) is 17.1 Å². The predicted octanol–water partition coefficient (Wildman–Crippen LogP) is 4.91. The van der Waals surface area contributed by atoms with Crippen LogP contribution in [0.2, 0.25) is 0 Å². The summed E-state index contributed by atoms with van der Waals surface area (Å²) in [5.74, 6) is 0.512. The maximum absolute atomic E-state index is 13.0. The van der Waals surface area contributed by atoms with E-state index < -0.39 is 11.7 Å². The van der Waals surface area contributed by atoms with Crippen molar-refractivity contribution >= 4 is 11.6 Å². The summed E-state index contributed by atoms with van der Waals surface area (Å²) in [5, 5.41) is 6.05. The van der Waals surface area contributed by atoms with Crippen molar-refractivity contribution in [1.82, 2.24) is 4.98 Å². The van der Waals surface area contributed by atoms with Crippen LogP contribution < -0.4 is 10.6 Å². The fraction of sp³-hybridized carbons (Fsp3) is 0.667. The Morgan fingerprint density at radius 2 is 1.48 bits per heavy atom. The van der Waals surface area contributed by atoms with Gasteiger partial charge in [0.2, 0.25) is 0 Å². The number of nitrogens with one attached hydrogen (secondary N) is 2. The molecule has 0 aliphatic carbocycles. The first-order chi connectivity index (χ1) is 9.80. The van der Waals surface area contributed by atoms with Crippen LogP contribution in [0.3, 0.4) is 0 Å². The third-order valence-electron chi connectivity index (χ3n) is 3.93.